The van der Waals surface area contributed by atoms with Crippen LogP contribution in [0, 0.1) is 12.8 Å². The highest BCUT2D eigenvalue weighted by Gasteiger charge is 2.12. The molecule has 0 amide bonds. The Hall–Kier alpha value is -1.16. The average Bonchev–Trinajstić information content (AvgIpc) is 2.63. The molecule has 18 heavy (non-hydrogen) atoms. The molecule has 0 aliphatic heterocycles. The topological polar surface area (TPSA) is 43.6 Å². The highest BCUT2D eigenvalue weighted by Crippen LogP contribution is 2.19. The molecule has 1 unspecified atom stereocenters. The molecule has 0 N–H and O–H groups in total. The fraction of sp³-hybridized carbons (Fsp3) is 0.615. The summed E-state index contributed by atoms with van der Waals surface area (Å²) in [6, 6.07) is 0. The van der Waals surface area contributed by atoms with Crippen LogP contribution in [0.5, 0.6) is 0 Å². The Morgan fingerprint density at radius 3 is 2.94 bits per heavy atom. The highest BCUT2D eigenvalue weighted by molar-refractivity contribution is 6.28. The first-order valence-electron chi connectivity index (χ1n) is 6.47. The SMILES string of the molecule is CCCCC(C)Cn1nc(C)c2cnc(Cl)nc21. The fourth-order valence-electron chi connectivity index (χ4n) is 2.15. The number of hydrogen-bond donors (Lipinski definition) is 0. The van der Waals surface area contributed by atoms with Crippen LogP contribution in [0.1, 0.15) is 38.8 Å². The summed E-state index contributed by atoms with van der Waals surface area (Å²) in [6.45, 7) is 7.33. The molecule has 0 aromatic carbocycles. The van der Waals surface area contributed by atoms with Crippen molar-refractivity contribution < 1.29 is 0 Å². The Morgan fingerprint density at radius 1 is 1.44 bits per heavy atom. The van der Waals surface area contributed by atoms with E-state index >= 15 is 0 Å². The summed E-state index contributed by atoms with van der Waals surface area (Å²) in [4.78, 5) is 8.30. The lowest BCUT2D eigenvalue weighted by Gasteiger charge is -2.11. The Balaban J connectivity index is 2.25. The number of halogens is 1. The molecule has 0 aliphatic carbocycles. The molecule has 0 saturated carbocycles. The molecular formula is C13H19ClN4. The fourth-order valence-corrected chi connectivity index (χ4v) is 2.28. The van der Waals surface area contributed by atoms with Gasteiger partial charge in [-0.15, -0.1) is 0 Å². The number of aromatic nitrogens is 4. The zero-order valence-corrected chi connectivity index (χ0v) is 11.9. The smallest absolute Gasteiger partial charge is 0.224 e. The zero-order chi connectivity index (χ0) is 13.1. The third-order valence-electron chi connectivity index (χ3n) is 3.18. The van der Waals surface area contributed by atoms with E-state index in [1.807, 2.05) is 11.6 Å². The lowest BCUT2D eigenvalue weighted by atomic mass is 10.0. The van der Waals surface area contributed by atoms with Crippen molar-refractivity contribution in [2.24, 2.45) is 5.92 Å². The molecule has 2 heterocycles. The second-order valence-corrected chi connectivity index (χ2v) is 5.23. The summed E-state index contributed by atoms with van der Waals surface area (Å²) in [5.74, 6) is 0.598. The largest absolute Gasteiger partial charge is 0.247 e. The first-order valence-corrected chi connectivity index (χ1v) is 6.85. The predicted octanol–water partition coefficient (Wildman–Crippen LogP) is 3.61. The normalized spacial score (nSPS) is 13.1. The molecule has 0 spiro atoms. The number of hydrogen-bond acceptors (Lipinski definition) is 3. The lowest BCUT2D eigenvalue weighted by Crippen LogP contribution is -2.10. The summed E-state index contributed by atoms with van der Waals surface area (Å²) in [5, 5.41) is 5.80. The van der Waals surface area contributed by atoms with Crippen LogP contribution in [0.2, 0.25) is 5.28 Å². The number of fused-ring (bicyclic) bond motifs is 1. The molecule has 1 atom stereocenters. The monoisotopic (exact) mass is 266 g/mol. The van der Waals surface area contributed by atoms with Gasteiger partial charge >= 0.3 is 0 Å². The molecular weight excluding hydrogens is 248 g/mol. The Bertz CT molecular complexity index is 535. The summed E-state index contributed by atoms with van der Waals surface area (Å²) in [5.41, 5.74) is 1.81. The van der Waals surface area contributed by atoms with Crippen LogP contribution in [0.3, 0.4) is 0 Å². The quantitative estimate of drug-likeness (QED) is 0.777. The number of nitrogens with zero attached hydrogens (tertiary/aromatic N) is 4. The van der Waals surface area contributed by atoms with E-state index in [0.29, 0.717) is 5.92 Å². The van der Waals surface area contributed by atoms with Crippen LogP contribution in [0.4, 0.5) is 0 Å². The lowest BCUT2D eigenvalue weighted by molar-refractivity contribution is 0.417. The molecule has 2 aromatic heterocycles. The minimum atomic E-state index is 0.282. The third-order valence-corrected chi connectivity index (χ3v) is 3.36. The third kappa shape index (κ3) is 2.80. The highest BCUT2D eigenvalue weighted by atomic mass is 35.5. The van der Waals surface area contributed by atoms with Crippen LogP contribution in [0.25, 0.3) is 11.0 Å². The zero-order valence-electron chi connectivity index (χ0n) is 11.1. The van der Waals surface area contributed by atoms with E-state index in [0.717, 1.165) is 23.3 Å². The van der Waals surface area contributed by atoms with Crippen molar-refractivity contribution in [2.75, 3.05) is 0 Å². The molecule has 5 heteroatoms. The molecule has 0 saturated heterocycles. The van der Waals surface area contributed by atoms with E-state index in [2.05, 4.69) is 28.9 Å². The van der Waals surface area contributed by atoms with E-state index in [4.69, 9.17) is 11.6 Å². The molecule has 2 rings (SSSR count). The maximum atomic E-state index is 5.86. The summed E-state index contributed by atoms with van der Waals surface area (Å²) >= 11 is 5.86. The van der Waals surface area contributed by atoms with Crippen molar-refractivity contribution in [1.29, 1.82) is 0 Å². The van der Waals surface area contributed by atoms with Crippen LogP contribution in [-0.2, 0) is 6.54 Å². The van der Waals surface area contributed by atoms with Gasteiger partial charge < -0.3 is 0 Å². The van der Waals surface area contributed by atoms with Crippen molar-refractivity contribution in [2.45, 2.75) is 46.6 Å². The van der Waals surface area contributed by atoms with Crippen LogP contribution < -0.4 is 0 Å². The second kappa shape index (κ2) is 5.65. The average molecular weight is 267 g/mol. The van der Waals surface area contributed by atoms with Gasteiger partial charge in [-0.25, -0.2) is 9.67 Å². The molecule has 0 radical (unpaired) electrons. The molecule has 0 bridgehead atoms. The molecule has 2 aromatic rings. The standard InChI is InChI=1S/C13H19ClN4/c1-4-5-6-9(2)8-18-12-11(10(3)17-18)7-15-13(14)16-12/h7,9H,4-6,8H2,1-3H3. The van der Waals surface area contributed by atoms with Crippen molar-refractivity contribution in [1.82, 2.24) is 19.7 Å². The second-order valence-electron chi connectivity index (χ2n) is 4.89. The van der Waals surface area contributed by atoms with Gasteiger partial charge in [0.1, 0.15) is 0 Å². The summed E-state index contributed by atoms with van der Waals surface area (Å²) in [6.07, 6.45) is 5.46. The maximum absolute atomic E-state index is 5.86. The first-order chi connectivity index (χ1) is 8.61. The van der Waals surface area contributed by atoms with Crippen LogP contribution >= 0.6 is 11.6 Å². The minimum absolute atomic E-state index is 0.282. The summed E-state index contributed by atoms with van der Waals surface area (Å²) in [7, 11) is 0. The first kappa shape index (κ1) is 13.3. The Labute approximate surface area is 112 Å². The maximum Gasteiger partial charge on any atom is 0.224 e. The van der Waals surface area contributed by atoms with E-state index in [-0.39, 0.29) is 5.28 Å². The number of unbranched alkanes of at least 4 members (excludes halogenated alkanes) is 1. The minimum Gasteiger partial charge on any atom is -0.247 e. The molecule has 98 valence electrons. The van der Waals surface area contributed by atoms with Gasteiger partial charge in [0.25, 0.3) is 0 Å². The van der Waals surface area contributed by atoms with E-state index in [1.54, 1.807) is 6.20 Å². The van der Waals surface area contributed by atoms with Gasteiger partial charge in [-0.1, -0.05) is 26.7 Å². The Morgan fingerprint density at radius 2 is 2.22 bits per heavy atom. The predicted molar refractivity (Wildman–Crippen MR) is 73.8 cm³/mol. The van der Waals surface area contributed by atoms with Gasteiger partial charge in [0.15, 0.2) is 5.65 Å². The van der Waals surface area contributed by atoms with Crippen LogP contribution in [0.15, 0.2) is 6.20 Å². The number of rotatable bonds is 5. The van der Waals surface area contributed by atoms with Crippen molar-refractivity contribution in [3.8, 4) is 0 Å². The Kier molecular flexibility index (Phi) is 4.17. The van der Waals surface area contributed by atoms with Gasteiger partial charge in [-0.2, -0.15) is 10.1 Å². The molecule has 4 nitrogen and oxygen atoms in total. The van der Waals surface area contributed by atoms with E-state index < -0.39 is 0 Å². The van der Waals surface area contributed by atoms with Crippen molar-refractivity contribution >= 4 is 22.6 Å². The molecule has 0 fully saturated rings. The van der Waals surface area contributed by atoms with Gasteiger partial charge in [0.2, 0.25) is 5.28 Å². The van der Waals surface area contributed by atoms with E-state index in [1.165, 1.54) is 19.3 Å². The van der Waals surface area contributed by atoms with Gasteiger partial charge in [0.05, 0.1) is 11.1 Å². The van der Waals surface area contributed by atoms with Crippen molar-refractivity contribution in [3.63, 3.8) is 0 Å². The van der Waals surface area contributed by atoms with Crippen LogP contribution in [-0.4, -0.2) is 19.7 Å². The van der Waals surface area contributed by atoms with Gasteiger partial charge in [0, 0.05) is 12.7 Å². The molecule has 0 aliphatic rings. The summed E-state index contributed by atoms with van der Waals surface area (Å²) < 4.78 is 1.96. The van der Waals surface area contributed by atoms with Gasteiger partial charge in [-0.3, -0.25) is 0 Å². The van der Waals surface area contributed by atoms with Gasteiger partial charge in [-0.05, 0) is 30.9 Å². The van der Waals surface area contributed by atoms with E-state index in [9.17, 15) is 0 Å². The number of aryl methyl sites for hydroxylation is 1. The van der Waals surface area contributed by atoms with Crippen molar-refractivity contribution in [3.05, 3.63) is 17.2 Å².